The largest absolute Gasteiger partial charge is 0.480 e. The van der Waals surface area contributed by atoms with Gasteiger partial charge in [-0.05, 0) is 61.9 Å². The van der Waals surface area contributed by atoms with Gasteiger partial charge in [-0.15, -0.1) is 0 Å². The maximum absolute atomic E-state index is 12.5. The minimum Gasteiger partial charge on any atom is -0.480 e. The first-order valence-corrected chi connectivity index (χ1v) is 10.7. The van der Waals surface area contributed by atoms with Crippen LogP contribution in [0.3, 0.4) is 0 Å². The van der Waals surface area contributed by atoms with Crippen LogP contribution >= 0.6 is 24.0 Å². The number of thioether (sulfide) groups is 1. The number of benzene rings is 1. The first-order chi connectivity index (χ1) is 13.1. The average molecular weight is 419 g/mol. The van der Waals surface area contributed by atoms with Crippen LogP contribution in [0.1, 0.15) is 57.6 Å². The van der Waals surface area contributed by atoms with Gasteiger partial charge >= 0.3 is 5.97 Å². The smallest absolute Gasteiger partial charge is 0.323 e. The van der Waals surface area contributed by atoms with E-state index in [4.69, 9.17) is 17.3 Å². The van der Waals surface area contributed by atoms with E-state index in [-0.39, 0.29) is 11.4 Å². The molecule has 1 aromatic carbocycles. The fourth-order valence-corrected chi connectivity index (χ4v) is 5.42. The van der Waals surface area contributed by atoms with E-state index in [0.717, 1.165) is 41.6 Å². The summed E-state index contributed by atoms with van der Waals surface area (Å²) in [5, 5.41) is 8.97. The van der Waals surface area contributed by atoms with Gasteiger partial charge in [0, 0.05) is 17.8 Å². The van der Waals surface area contributed by atoms with Crippen molar-refractivity contribution in [2.45, 2.75) is 52.0 Å². The third-order valence-corrected chi connectivity index (χ3v) is 6.70. The molecule has 5 nitrogen and oxygen atoms in total. The van der Waals surface area contributed by atoms with Gasteiger partial charge in [0.25, 0.3) is 5.91 Å². The second-order valence-corrected chi connectivity index (χ2v) is 9.72. The van der Waals surface area contributed by atoms with Crippen LogP contribution in [0.2, 0.25) is 0 Å². The van der Waals surface area contributed by atoms with Gasteiger partial charge in [-0.3, -0.25) is 14.5 Å². The first-order valence-electron chi connectivity index (χ1n) is 9.52. The predicted octanol–water partition coefficient (Wildman–Crippen LogP) is 4.47. The van der Waals surface area contributed by atoms with Crippen LogP contribution in [0.25, 0.3) is 6.08 Å². The number of nitrogens with zero attached hydrogens (tertiary/aromatic N) is 2. The minimum absolute atomic E-state index is 0.114. The number of carboxylic acid groups (broad SMARTS) is 1. The summed E-state index contributed by atoms with van der Waals surface area (Å²) in [6.45, 7) is 9.65. The van der Waals surface area contributed by atoms with Crippen molar-refractivity contribution in [3.05, 3.63) is 34.2 Å². The molecule has 1 aromatic rings. The Hall–Kier alpha value is -1.86. The van der Waals surface area contributed by atoms with Crippen molar-refractivity contribution in [3.63, 3.8) is 0 Å². The Kier molecular flexibility index (Phi) is 5.87. The maximum Gasteiger partial charge on any atom is 0.323 e. The lowest BCUT2D eigenvalue weighted by atomic mass is 9.79. The van der Waals surface area contributed by atoms with Gasteiger partial charge in [-0.1, -0.05) is 43.9 Å². The Bertz CT molecular complexity index is 863. The molecule has 28 heavy (non-hydrogen) atoms. The van der Waals surface area contributed by atoms with Crippen LogP contribution in [0.4, 0.5) is 5.69 Å². The monoisotopic (exact) mass is 418 g/mol. The number of anilines is 1. The van der Waals surface area contributed by atoms with Crippen LogP contribution in [0.5, 0.6) is 0 Å². The summed E-state index contributed by atoms with van der Waals surface area (Å²) in [5.41, 5.74) is 3.62. The molecule has 0 bridgehead atoms. The molecule has 150 valence electrons. The molecule has 1 unspecified atom stereocenters. The quantitative estimate of drug-likeness (QED) is 0.562. The van der Waals surface area contributed by atoms with E-state index in [1.54, 1.807) is 0 Å². The standard InChI is InChI=1S/C21H26N2O3S2/c1-5-8-23-16-7-6-14(9-15(16)13(2)11-21(23,3)4)10-17-19(26)22(12-18(24)25)20(27)28-17/h6-7,9-10,13H,5,8,11-12H2,1-4H3,(H,24,25)/b17-10-. The molecule has 1 saturated heterocycles. The van der Waals surface area contributed by atoms with Gasteiger partial charge in [-0.25, -0.2) is 0 Å². The second-order valence-electron chi connectivity index (χ2n) is 8.05. The number of aliphatic carboxylic acids is 1. The molecule has 0 aliphatic carbocycles. The molecule has 1 N–H and O–H groups in total. The number of carbonyl (C=O) groups is 2. The number of hydrogen-bond acceptors (Lipinski definition) is 5. The Morgan fingerprint density at radius 1 is 1.43 bits per heavy atom. The van der Waals surface area contributed by atoms with Gasteiger partial charge in [0.15, 0.2) is 0 Å². The fraction of sp³-hybridized carbons (Fsp3) is 0.476. The summed E-state index contributed by atoms with van der Waals surface area (Å²) in [7, 11) is 0. The summed E-state index contributed by atoms with van der Waals surface area (Å²) in [4.78, 5) is 27.6. The Labute approximate surface area is 175 Å². The second kappa shape index (κ2) is 7.87. The summed E-state index contributed by atoms with van der Waals surface area (Å²) >= 11 is 6.33. The van der Waals surface area contributed by atoms with Gasteiger partial charge in [0.1, 0.15) is 10.9 Å². The number of hydrogen-bond donors (Lipinski definition) is 1. The van der Waals surface area contributed by atoms with Crippen LogP contribution in [0.15, 0.2) is 23.1 Å². The zero-order valence-electron chi connectivity index (χ0n) is 16.7. The third-order valence-electron chi connectivity index (χ3n) is 5.32. The highest BCUT2D eigenvalue weighted by molar-refractivity contribution is 8.26. The molecule has 0 spiro atoms. The van der Waals surface area contributed by atoms with Crippen LogP contribution in [0, 0.1) is 0 Å². The van der Waals surface area contributed by atoms with Crippen LogP contribution in [-0.4, -0.2) is 44.8 Å². The third kappa shape index (κ3) is 3.96. The molecular formula is C21H26N2O3S2. The molecule has 1 fully saturated rings. The maximum atomic E-state index is 12.5. The van der Waals surface area contributed by atoms with Crippen molar-refractivity contribution in [1.29, 1.82) is 0 Å². The Balaban J connectivity index is 1.93. The number of amides is 1. The zero-order chi connectivity index (χ0) is 20.6. The van der Waals surface area contributed by atoms with Gasteiger partial charge in [-0.2, -0.15) is 0 Å². The molecule has 1 atom stereocenters. The highest BCUT2D eigenvalue weighted by Crippen LogP contribution is 2.44. The van der Waals surface area contributed by atoms with E-state index >= 15 is 0 Å². The molecule has 0 aromatic heterocycles. The zero-order valence-corrected chi connectivity index (χ0v) is 18.3. The minimum atomic E-state index is -1.07. The van der Waals surface area contributed by atoms with Crippen LogP contribution < -0.4 is 4.90 Å². The van der Waals surface area contributed by atoms with Crippen molar-refractivity contribution in [1.82, 2.24) is 4.90 Å². The molecule has 2 aliphatic heterocycles. The summed E-state index contributed by atoms with van der Waals surface area (Å²) in [6, 6.07) is 6.33. The molecule has 1 amide bonds. The van der Waals surface area contributed by atoms with Crippen molar-refractivity contribution < 1.29 is 14.7 Å². The van der Waals surface area contributed by atoms with E-state index < -0.39 is 12.5 Å². The molecule has 2 heterocycles. The van der Waals surface area contributed by atoms with E-state index in [1.165, 1.54) is 11.3 Å². The van der Waals surface area contributed by atoms with Gasteiger partial charge < -0.3 is 10.0 Å². The van der Waals surface area contributed by atoms with Gasteiger partial charge in [0.05, 0.1) is 4.91 Å². The molecular weight excluding hydrogens is 392 g/mol. The number of thiocarbonyl (C=S) groups is 1. The molecule has 7 heteroatoms. The summed E-state index contributed by atoms with van der Waals surface area (Å²) in [6.07, 6.45) is 3.98. The number of fused-ring (bicyclic) bond motifs is 1. The van der Waals surface area contributed by atoms with E-state index in [2.05, 4.69) is 44.7 Å². The Morgan fingerprint density at radius 3 is 2.79 bits per heavy atom. The van der Waals surface area contributed by atoms with Crippen molar-refractivity contribution >= 4 is 51.9 Å². The van der Waals surface area contributed by atoms with E-state index in [1.807, 2.05) is 12.1 Å². The number of carboxylic acids is 1. The highest BCUT2D eigenvalue weighted by Gasteiger charge is 2.36. The molecule has 3 rings (SSSR count). The van der Waals surface area contributed by atoms with Crippen molar-refractivity contribution in [2.24, 2.45) is 0 Å². The normalized spacial score (nSPS) is 22.7. The lowest BCUT2D eigenvalue weighted by molar-refractivity contribution is -0.140. The van der Waals surface area contributed by atoms with Crippen molar-refractivity contribution in [3.8, 4) is 0 Å². The predicted molar refractivity (Wildman–Crippen MR) is 119 cm³/mol. The Morgan fingerprint density at radius 2 is 2.14 bits per heavy atom. The summed E-state index contributed by atoms with van der Waals surface area (Å²) < 4.78 is 0.292. The fourth-order valence-electron chi connectivity index (χ4n) is 4.17. The van der Waals surface area contributed by atoms with Gasteiger partial charge in [0.2, 0.25) is 0 Å². The highest BCUT2D eigenvalue weighted by atomic mass is 32.2. The molecule has 0 saturated carbocycles. The number of rotatable bonds is 5. The van der Waals surface area contributed by atoms with E-state index in [0.29, 0.717) is 15.1 Å². The van der Waals surface area contributed by atoms with Crippen molar-refractivity contribution in [2.75, 3.05) is 18.0 Å². The van der Waals surface area contributed by atoms with Crippen LogP contribution in [-0.2, 0) is 9.59 Å². The molecule has 0 radical (unpaired) electrons. The first kappa shape index (κ1) is 20.9. The summed E-state index contributed by atoms with van der Waals surface area (Å²) in [5.74, 6) is -0.983. The lowest BCUT2D eigenvalue weighted by Crippen LogP contribution is -2.48. The van der Waals surface area contributed by atoms with E-state index in [9.17, 15) is 9.59 Å². The average Bonchev–Trinajstić information content (AvgIpc) is 2.85. The topological polar surface area (TPSA) is 60.9 Å². The SMILES string of the molecule is CCCN1c2ccc(/C=C3\SC(=S)N(CC(=O)O)C3=O)cc2C(C)CC1(C)C. The lowest BCUT2D eigenvalue weighted by Gasteiger charge is -2.47. The number of carbonyl (C=O) groups excluding carboxylic acids is 1. The molecule has 2 aliphatic rings.